The highest BCUT2D eigenvalue weighted by molar-refractivity contribution is 6.36. The molecule has 0 saturated carbocycles. The number of hydrogen-bond donors (Lipinski definition) is 1. The van der Waals surface area contributed by atoms with Gasteiger partial charge >= 0.3 is 0 Å². The molecular formula is C16H11Cl2NO2. The fourth-order valence-corrected chi connectivity index (χ4v) is 2.48. The summed E-state index contributed by atoms with van der Waals surface area (Å²) in [4.78, 5) is 12.2. The summed E-state index contributed by atoms with van der Waals surface area (Å²) in [6.07, 6.45) is 0. The maximum atomic E-state index is 12.2. The van der Waals surface area contributed by atoms with Crippen molar-refractivity contribution in [3.63, 3.8) is 0 Å². The van der Waals surface area contributed by atoms with Crippen LogP contribution in [0.4, 0.5) is 5.69 Å². The summed E-state index contributed by atoms with van der Waals surface area (Å²) >= 11 is 11.9. The van der Waals surface area contributed by atoms with E-state index in [1.165, 1.54) is 0 Å². The predicted octanol–water partition coefficient (Wildman–Crippen LogP) is 5.30. The molecule has 21 heavy (non-hydrogen) atoms. The van der Waals surface area contributed by atoms with Crippen molar-refractivity contribution in [1.82, 2.24) is 0 Å². The second-order valence-corrected chi connectivity index (χ2v) is 5.57. The molecule has 0 radical (unpaired) electrons. The van der Waals surface area contributed by atoms with E-state index in [4.69, 9.17) is 27.6 Å². The normalized spacial score (nSPS) is 10.8. The highest BCUT2D eigenvalue weighted by Crippen LogP contribution is 2.27. The molecule has 3 rings (SSSR count). The van der Waals surface area contributed by atoms with Gasteiger partial charge in [-0.15, -0.1) is 0 Å². The van der Waals surface area contributed by atoms with E-state index < -0.39 is 0 Å². The van der Waals surface area contributed by atoms with Crippen LogP contribution in [0, 0.1) is 6.92 Å². The molecule has 0 aliphatic heterocycles. The maximum Gasteiger partial charge on any atom is 0.291 e. The second-order valence-electron chi connectivity index (χ2n) is 4.73. The molecule has 3 aromatic rings. The van der Waals surface area contributed by atoms with Crippen molar-refractivity contribution in [2.24, 2.45) is 0 Å². The van der Waals surface area contributed by atoms with Gasteiger partial charge in [-0.05, 0) is 42.8 Å². The number of anilines is 1. The third-order valence-corrected chi connectivity index (χ3v) is 3.63. The van der Waals surface area contributed by atoms with Crippen molar-refractivity contribution in [2.45, 2.75) is 6.92 Å². The lowest BCUT2D eigenvalue weighted by Gasteiger charge is -2.05. The van der Waals surface area contributed by atoms with Crippen molar-refractivity contribution in [3.05, 3.63) is 63.8 Å². The molecule has 0 unspecified atom stereocenters. The molecule has 1 aromatic heterocycles. The van der Waals surface area contributed by atoms with Crippen LogP contribution in [-0.2, 0) is 0 Å². The molecule has 106 valence electrons. The molecule has 0 bridgehead atoms. The Labute approximate surface area is 131 Å². The van der Waals surface area contributed by atoms with Crippen LogP contribution in [0.15, 0.2) is 46.9 Å². The molecule has 5 heteroatoms. The Kier molecular flexibility index (Phi) is 3.62. The third-order valence-electron chi connectivity index (χ3n) is 3.08. The van der Waals surface area contributed by atoms with Crippen LogP contribution in [0.2, 0.25) is 10.0 Å². The van der Waals surface area contributed by atoms with Crippen LogP contribution in [0.1, 0.15) is 16.1 Å². The molecule has 0 fully saturated rings. The van der Waals surface area contributed by atoms with E-state index in [-0.39, 0.29) is 11.7 Å². The van der Waals surface area contributed by atoms with Gasteiger partial charge in [0.15, 0.2) is 5.76 Å². The van der Waals surface area contributed by atoms with Crippen LogP contribution in [-0.4, -0.2) is 5.91 Å². The SMILES string of the molecule is Cc1ccc2cc(C(=O)Nc3ccc(Cl)cc3Cl)oc2c1. The number of aryl methyl sites for hydroxylation is 1. The number of rotatable bonds is 2. The Morgan fingerprint density at radius 3 is 2.67 bits per heavy atom. The average molecular weight is 320 g/mol. The first-order chi connectivity index (χ1) is 10.0. The average Bonchev–Trinajstić information content (AvgIpc) is 2.85. The van der Waals surface area contributed by atoms with Gasteiger partial charge in [-0.3, -0.25) is 4.79 Å². The van der Waals surface area contributed by atoms with Crippen molar-refractivity contribution in [1.29, 1.82) is 0 Å². The molecule has 2 aromatic carbocycles. The molecule has 0 atom stereocenters. The summed E-state index contributed by atoms with van der Waals surface area (Å²) < 4.78 is 5.57. The summed E-state index contributed by atoms with van der Waals surface area (Å²) in [5, 5.41) is 4.48. The molecule has 1 heterocycles. The molecular weight excluding hydrogens is 309 g/mol. The number of nitrogens with one attached hydrogen (secondary N) is 1. The third kappa shape index (κ3) is 2.89. The topological polar surface area (TPSA) is 42.2 Å². The summed E-state index contributed by atoms with van der Waals surface area (Å²) in [6, 6.07) is 12.4. The monoisotopic (exact) mass is 319 g/mol. The first-order valence-corrected chi connectivity index (χ1v) is 7.05. The number of benzene rings is 2. The van der Waals surface area contributed by atoms with Gasteiger partial charge in [0.1, 0.15) is 5.58 Å². The van der Waals surface area contributed by atoms with Crippen molar-refractivity contribution in [2.75, 3.05) is 5.32 Å². The van der Waals surface area contributed by atoms with Crippen molar-refractivity contribution >= 4 is 45.8 Å². The number of halogens is 2. The van der Waals surface area contributed by atoms with Gasteiger partial charge in [-0.1, -0.05) is 35.3 Å². The zero-order valence-corrected chi connectivity index (χ0v) is 12.6. The van der Waals surface area contributed by atoms with Gasteiger partial charge in [0.2, 0.25) is 0 Å². The second kappa shape index (κ2) is 5.43. The first kappa shape index (κ1) is 14.0. The number of furan rings is 1. The highest BCUT2D eigenvalue weighted by Gasteiger charge is 2.14. The van der Waals surface area contributed by atoms with Crippen LogP contribution >= 0.6 is 23.2 Å². The quantitative estimate of drug-likeness (QED) is 0.696. The van der Waals surface area contributed by atoms with E-state index in [9.17, 15) is 4.79 Å². The molecule has 0 aliphatic carbocycles. The van der Waals surface area contributed by atoms with Crippen LogP contribution in [0.5, 0.6) is 0 Å². The lowest BCUT2D eigenvalue weighted by molar-refractivity contribution is 0.0998. The van der Waals surface area contributed by atoms with E-state index >= 15 is 0 Å². The number of carbonyl (C=O) groups excluding carboxylic acids is 1. The predicted molar refractivity (Wildman–Crippen MR) is 85.4 cm³/mol. The Morgan fingerprint density at radius 2 is 1.90 bits per heavy atom. The summed E-state index contributed by atoms with van der Waals surface area (Å²) in [6.45, 7) is 1.97. The standard InChI is InChI=1S/C16H11Cl2NO2/c1-9-2-3-10-7-15(21-14(10)6-9)16(20)19-13-5-4-11(17)8-12(13)18/h2-8H,1H3,(H,19,20). The highest BCUT2D eigenvalue weighted by atomic mass is 35.5. The van der Waals surface area contributed by atoms with Gasteiger partial charge in [-0.2, -0.15) is 0 Å². The zero-order chi connectivity index (χ0) is 15.0. The largest absolute Gasteiger partial charge is 0.451 e. The Hall–Kier alpha value is -1.97. The van der Waals surface area contributed by atoms with E-state index in [0.717, 1.165) is 10.9 Å². The van der Waals surface area contributed by atoms with Gasteiger partial charge < -0.3 is 9.73 Å². The minimum absolute atomic E-state index is 0.238. The minimum atomic E-state index is -0.354. The molecule has 0 aliphatic rings. The van der Waals surface area contributed by atoms with Gasteiger partial charge in [0.05, 0.1) is 10.7 Å². The van der Waals surface area contributed by atoms with E-state index in [0.29, 0.717) is 21.3 Å². The fourth-order valence-electron chi connectivity index (χ4n) is 2.03. The Balaban J connectivity index is 1.89. The maximum absolute atomic E-state index is 12.2. The Bertz CT molecular complexity index is 839. The van der Waals surface area contributed by atoms with Gasteiger partial charge in [0, 0.05) is 10.4 Å². The first-order valence-electron chi connectivity index (χ1n) is 6.29. The Morgan fingerprint density at radius 1 is 1.10 bits per heavy atom. The van der Waals surface area contributed by atoms with Crippen LogP contribution in [0.3, 0.4) is 0 Å². The van der Waals surface area contributed by atoms with E-state index in [1.54, 1.807) is 24.3 Å². The number of hydrogen-bond acceptors (Lipinski definition) is 2. The number of amides is 1. The molecule has 1 N–H and O–H groups in total. The zero-order valence-electron chi connectivity index (χ0n) is 11.1. The smallest absolute Gasteiger partial charge is 0.291 e. The van der Waals surface area contributed by atoms with Gasteiger partial charge in [-0.25, -0.2) is 0 Å². The summed E-state index contributed by atoms with van der Waals surface area (Å²) in [7, 11) is 0. The summed E-state index contributed by atoms with van der Waals surface area (Å²) in [5.41, 5.74) is 2.25. The molecule has 1 amide bonds. The van der Waals surface area contributed by atoms with E-state index in [2.05, 4.69) is 5.32 Å². The fraction of sp³-hybridized carbons (Fsp3) is 0.0625. The van der Waals surface area contributed by atoms with Crippen molar-refractivity contribution in [3.8, 4) is 0 Å². The summed E-state index contributed by atoms with van der Waals surface area (Å²) in [5.74, 6) is -0.116. The number of fused-ring (bicyclic) bond motifs is 1. The van der Waals surface area contributed by atoms with E-state index in [1.807, 2.05) is 25.1 Å². The minimum Gasteiger partial charge on any atom is -0.451 e. The van der Waals surface area contributed by atoms with Crippen LogP contribution in [0.25, 0.3) is 11.0 Å². The van der Waals surface area contributed by atoms with Crippen LogP contribution < -0.4 is 5.32 Å². The van der Waals surface area contributed by atoms with Gasteiger partial charge in [0.25, 0.3) is 5.91 Å². The molecule has 3 nitrogen and oxygen atoms in total. The van der Waals surface area contributed by atoms with Crippen molar-refractivity contribution < 1.29 is 9.21 Å². The lowest BCUT2D eigenvalue weighted by Crippen LogP contribution is -2.11. The molecule has 0 saturated heterocycles. The number of carbonyl (C=O) groups is 1. The molecule has 0 spiro atoms. The lowest BCUT2D eigenvalue weighted by atomic mass is 10.2.